The van der Waals surface area contributed by atoms with Crippen molar-refractivity contribution >= 4 is 16.6 Å². The predicted octanol–water partition coefficient (Wildman–Crippen LogP) is 3.54. The highest BCUT2D eigenvalue weighted by Crippen LogP contribution is 2.30. The number of aliphatic hydroxyl groups excluding tert-OH is 1. The van der Waals surface area contributed by atoms with Crippen molar-refractivity contribution in [3.8, 4) is 6.07 Å². The van der Waals surface area contributed by atoms with E-state index in [9.17, 15) is 23.5 Å². The molecular weight excluding hydrogens is 343 g/mol. The summed E-state index contributed by atoms with van der Waals surface area (Å²) in [5.74, 6) is -4.41. The summed E-state index contributed by atoms with van der Waals surface area (Å²) in [5.41, 5.74) is 0.668. The summed E-state index contributed by atoms with van der Waals surface area (Å²) in [7, 11) is 0. The number of rotatable bonds is 5. The summed E-state index contributed by atoms with van der Waals surface area (Å²) < 4.78 is 40.9. The molecule has 0 aliphatic rings. The van der Waals surface area contributed by atoms with Crippen LogP contribution >= 0.6 is 0 Å². The number of nitrogens with one attached hydrogen (secondary N) is 1. The van der Waals surface area contributed by atoms with Crippen molar-refractivity contribution in [1.29, 1.82) is 5.26 Å². The molecule has 1 unspecified atom stereocenters. The Bertz CT molecular complexity index is 987. The lowest BCUT2D eigenvalue weighted by Gasteiger charge is -2.16. The Labute approximate surface area is 147 Å². The van der Waals surface area contributed by atoms with Gasteiger partial charge in [-0.25, -0.2) is 13.2 Å². The monoisotopic (exact) mass is 357 g/mol. The van der Waals surface area contributed by atoms with Gasteiger partial charge in [-0.1, -0.05) is 30.3 Å². The SMILES string of the molecule is N#Cc1cnc2c(F)c(F)c(F)cc2c1NCC(O)Cc1ccccc1. The van der Waals surface area contributed by atoms with E-state index in [1.165, 1.54) is 0 Å². The van der Waals surface area contributed by atoms with Crippen LogP contribution in [0.5, 0.6) is 0 Å². The number of hydrogen-bond acceptors (Lipinski definition) is 4. The van der Waals surface area contributed by atoms with Gasteiger partial charge in [0.25, 0.3) is 0 Å². The molecular formula is C19H14F3N3O. The van der Waals surface area contributed by atoms with Crippen molar-refractivity contribution < 1.29 is 18.3 Å². The molecule has 4 nitrogen and oxygen atoms in total. The first-order valence-electron chi connectivity index (χ1n) is 7.83. The van der Waals surface area contributed by atoms with Crippen molar-refractivity contribution in [2.75, 3.05) is 11.9 Å². The molecule has 0 saturated heterocycles. The Morgan fingerprint density at radius 1 is 1.15 bits per heavy atom. The van der Waals surface area contributed by atoms with Gasteiger partial charge < -0.3 is 10.4 Å². The Morgan fingerprint density at radius 2 is 1.88 bits per heavy atom. The molecule has 3 rings (SSSR count). The lowest BCUT2D eigenvalue weighted by Crippen LogP contribution is -2.22. The van der Waals surface area contributed by atoms with Crippen LogP contribution in [0.4, 0.5) is 18.9 Å². The van der Waals surface area contributed by atoms with Gasteiger partial charge in [0.05, 0.1) is 17.4 Å². The molecule has 0 amide bonds. The van der Waals surface area contributed by atoms with Gasteiger partial charge in [0, 0.05) is 24.5 Å². The zero-order chi connectivity index (χ0) is 18.7. The Hall–Kier alpha value is -3.11. The number of nitrogens with zero attached hydrogens (tertiary/aromatic N) is 2. The Morgan fingerprint density at radius 3 is 2.58 bits per heavy atom. The molecule has 1 atom stereocenters. The third-order valence-electron chi connectivity index (χ3n) is 3.95. The Kier molecular flexibility index (Phi) is 5.05. The van der Waals surface area contributed by atoms with Crippen molar-refractivity contribution in [3.05, 3.63) is 71.2 Å². The van der Waals surface area contributed by atoms with E-state index < -0.39 is 23.6 Å². The lowest BCUT2D eigenvalue weighted by atomic mass is 10.1. The third-order valence-corrected chi connectivity index (χ3v) is 3.95. The molecule has 26 heavy (non-hydrogen) atoms. The largest absolute Gasteiger partial charge is 0.391 e. The highest BCUT2D eigenvalue weighted by molar-refractivity contribution is 5.94. The quantitative estimate of drug-likeness (QED) is 0.686. The average Bonchev–Trinajstić information content (AvgIpc) is 2.65. The number of aromatic nitrogens is 1. The van der Waals surface area contributed by atoms with Crippen LogP contribution in [0.2, 0.25) is 0 Å². The minimum Gasteiger partial charge on any atom is -0.391 e. The first kappa shape index (κ1) is 17.7. The maximum absolute atomic E-state index is 13.9. The second-order valence-corrected chi connectivity index (χ2v) is 5.77. The molecule has 0 bridgehead atoms. The number of nitriles is 1. The van der Waals surface area contributed by atoms with E-state index in [1.807, 2.05) is 36.4 Å². The van der Waals surface area contributed by atoms with Gasteiger partial charge in [-0.3, -0.25) is 4.98 Å². The van der Waals surface area contributed by atoms with E-state index in [-0.39, 0.29) is 28.7 Å². The van der Waals surface area contributed by atoms with E-state index in [4.69, 9.17) is 0 Å². The molecule has 0 fully saturated rings. The van der Waals surface area contributed by atoms with Crippen LogP contribution in [0.1, 0.15) is 11.1 Å². The standard InChI is InChI=1S/C19H14F3N3O/c20-15-7-14-18(12(8-23)9-24-19(14)17(22)16(15)21)25-10-13(26)6-11-4-2-1-3-5-11/h1-5,7,9,13,26H,6,10H2,(H,24,25). The zero-order valence-electron chi connectivity index (χ0n) is 13.5. The van der Waals surface area contributed by atoms with E-state index >= 15 is 0 Å². The number of anilines is 1. The van der Waals surface area contributed by atoms with Crippen LogP contribution in [-0.2, 0) is 6.42 Å². The van der Waals surface area contributed by atoms with Crippen LogP contribution in [0.15, 0.2) is 42.6 Å². The van der Waals surface area contributed by atoms with Crippen LogP contribution in [0.3, 0.4) is 0 Å². The number of hydrogen-bond donors (Lipinski definition) is 2. The summed E-state index contributed by atoms with van der Waals surface area (Å²) in [6.07, 6.45) is 0.632. The summed E-state index contributed by atoms with van der Waals surface area (Å²) in [6, 6.07) is 11.9. The van der Waals surface area contributed by atoms with Gasteiger partial charge in [0.1, 0.15) is 11.6 Å². The van der Waals surface area contributed by atoms with E-state index in [0.717, 1.165) is 17.8 Å². The van der Waals surface area contributed by atoms with Crippen LogP contribution in [0.25, 0.3) is 10.9 Å². The molecule has 0 aliphatic heterocycles. The lowest BCUT2D eigenvalue weighted by molar-refractivity contribution is 0.188. The minimum atomic E-state index is -1.62. The minimum absolute atomic E-state index is 0.0311. The fourth-order valence-corrected chi connectivity index (χ4v) is 2.69. The fourth-order valence-electron chi connectivity index (χ4n) is 2.69. The summed E-state index contributed by atoms with van der Waals surface area (Å²) in [4.78, 5) is 3.70. The van der Waals surface area contributed by atoms with Crippen molar-refractivity contribution in [3.63, 3.8) is 0 Å². The Balaban J connectivity index is 1.90. The van der Waals surface area contributed by atoms with Gasteiger partial charge in [0.2, 0.25) is 0 Å². The van der Waals surface area contributed by atoms with Gasteiger partial charge in [-0.05, 0) is 11.6 Å². The smallest absolute Gasteiger partial charge is 0.196 e. The molecule has 0 saturated carbocycles. The molecule has 0 radical (unpaired) electrons. The summed E-state index contributed by atoms with van der Waals surface area (Å²) in [6.45, 7) is 0.0311. The number of fused-ring (bicyclic) bond motifs is 1. The van der Waals surface area contributed by atoms with Gasteiger partial charge >= 0.3 is 0 Å². The van der Waals surface area contributed by atoms with Gasteiger partial charge in [-0.15, -0.1) is 0 Å². The highest BCUT2D eigenvalue weighted by atomic mass is 19.2. The summed E-state index contributed by atoms with van der Waals surface area (Å²) >= 11 is 0. The fraction of sp³-hybridized carbons (Fsp3) is 0.158. The summed E-state index contributed by atoms with van der Waals surface area (Å²) in [5, 5.41) is 22.2. The van der Waals surface area contributed by atoms with Crippen molar-refractivity contribution in [2.24, 2.45) is 0 Å². The predicted molar refractivity (Wildman–Crippen MR) is 91.0 cm³/mol. The van der Waals surface area contributed by atoms with Crippen LogP contribution < -0.4 is 5.32 Å². The maximum Gasteiger partial charge on any atom is 0.196 e. The molecule has 132 valence electrons. The normalized spacial score (nSPS) is 12.0. The van der Waals surface area contributed by atoms with Crippen molar-refractivity contribution in [2.45, 2.75) is 12.5 Å². The van der Waals surface area contributed by atoms with Crippen molar-refractivity contribution in [1.82, 2.24) is 4.98 Å². The third kappa shape index (κ3) is 3.46. The van der Waals surface area contributed by atoms with Crippen LogP contribution in [-0.4, -0.2) is 22.7 Å². The molecule has 1 heterocycles. The molecule has 2 N–H and O–H groups in total. The number of pyridine rings is 1. The van der Waals surface area contributed by atoms with E-state index in [0.29, 0.717) is 6.42 Å². The number of benzene rings is 2. The second kappa shape index (κ2) is 7.42. The maximum atomic E-state index is 13.9. The number of halogens is 3. The average molecular weight is 357 g/mol. The highest BCUT2D eigenvalue weighted by Gasteiger charge is 2.19. The molecule has 2 aromatic carbocycles. The first-order valence-corrected chi connectivity index (χ1v) is 7.83. The number of aliphatic hydroxyl groups is 1. The topological polar surface area (TPSA) is 68.9 Å². The van der Waals surface area contributed by atoms with E-state index in [2.05, 4.69) is 10.3 Å². The molecule has 0 spiro atoms. The molecule has 7 heteroatoms. The van der Waals surface area contributed by atoms with Gasteiger partial charge in [0.15, 0.2) is 17.5 Å². The van der Waals surface area contributed by atoms with Gasteiger partial charge in [-0.2, -0.15) is 5.26 Å². The second-order valence-electron chi connectivity index (χ2n) is 5.77. The van der Waals surface area contributed by atoms with Crippen LogP contribution in [0, 0.1) is 28.8 Å². The first-order chi connectivity index (χ1) is 12.5. The zero-order valence-corrected chi connectivity index (χ0v) is 13.5. The molecule has 0 aliphatic carbocycles. The molecule has 3 aromatic rings. The van der Waals surface area contributed by atoms with E-state index in [1.54, 1.807) is 0 Å². The molecule has 1 aromatic heterocycles.